The molecule has 0 radical (unpaired) electrons. The molecule has 0 bridgehead atoms. The summed E-state index contributed by atoms with van der Waals surface area (Å²) in [4.78, 5) is 14.0. The van der Waals surface area contributed by atoms with E-state index >= 15 is 0 Å². The molecular weight excluding hydrogens is 166 g/mol. The number of allylic oxidation sites excluding steroid dienone is 1. The minimum Gasteiger partial charge on any atom is -0.396 e. The summed E-state index contributed by atoms with van der Waals surface area (Å²) in [7, 11) is 0. The van der Waals surface area contributed by atoms with Gasteiger partial charge in [0.25, 0.3) is 0 Å². The standard InChI is InChI=1S/C9H11N3O/c1-6-7(3-2-4-13)5-12-9(11)8(6)10/h2-5H,10H2,1H3,(H2,11,12). The lowest BCUT2D eigenvalue weighted by Crippen LogP contribution is -2.01. The average Bonchev–Trinajstić information content (AvgIpc) is 2.13. The lowest BCUT2D eigenvalue weighted by molar-refractivity contribution is -0.104. The number of carbonyl (C=O) groups excluding carboxylic acids is 1. The predicted molar refractivity (Wildman–Crippen MR) is 52.9 cm³/mol. The number of nitrogens with two attached hydrogens (primary N) is 2. The lowest BCUT2D eigenvalue weighted by Gasteiger charge is -2.05. The molecule has 1 aromatic rings. The molecule has 0 aromatic carbocycles. The van der Waals surface area contributed by atoms with Gasteiger partial charge in [0.05, 0.1) is 5.69 Å². The van der Waals surface area contributed by atoms with Gasteiger partial charge >= 0.3 is 0 Å². The number of nitrogens with zero attached hydrogens (tertiary/aromatic N) is 1. The quantitative estimate of drug-likeness (QED) is 0.516. The summed E-state index contributed by atoms with van der Waals surface area (Å²) in [5.74, 6) is 0.320. The van der Waals surface area contributed by atoms with E-state index in [9.17, 15) is 4.79 Å². The van der Waals surface area contributed by atoms with Crippen LogP contribution in [-0.4, -0.2) is 11.3 Å². The first-order chi connectivity index (χ1) is 6.16. The normalized spacial score (nSPS) is 10.5. The third-order valence-corrected chi connectivity index (χ3v) is 1.81. The third kappa shape index (κ3) is 1.84. The lowest BCUT2D eigenvalue weighted by atomic mass is 10.1. The van der Waals surface area contributed by atoms with Crippen LogP contribution in [0.3, 0.4) is 0 Å². The molecule has 0 spiro atoms. The number of anilines is 2. The Morgan fingerprint density at radius 1 is 1.46 bits per heavy atom. The van der Waals surface area contributed by atoms with E-state index in [2.05, 4.69) is 4.98 Å². The first kappa shape index (κ1) is 9.25. The van der Waals surface area contributed by atoms with Crippen LogP contribution in [0.15, 0.2) is 12.3 Å². The summed E-state index contributed by atoms with van der Waals surface area (Å²) in [6.45, 7) is 1.83. The van der Waals surface area contributed by atoms with Crippen molar-refractivity contribution in [1.82, 2.24) is 4.98 Å². The molecule has 0 atom stereocenters. The second-order valence-electron chi connectivity index (χ2n) is 2.63. The first-order valence-corrected chi connectivity index (χ1v) is 3.79. The Morgan fingerprint density at radius 3 is 2.77 bits per heavy atom. The van der Waals surface area contributed by atoms with Gasteiger partial charge in [-0.05, 0) is 30.2 Å². The molecular formula is C9H11N3O. The zero-order valence-corrected chi connectivity index (χ0v) is 7.32. The number of hydrogen-bond donors (Lipinski definition) is 2. The maximum absolute atomic E-state index is 10.1. The van der Waals surface area contributed by atoms with E-state index in [-0.39, 0.29) is 0 Å². The van der Waals surface area contributed by atoms with E-state index in [0.29, 0.717) is 17.8 Å². The van der Waals surface area contributed by atoms with Gasteiger partial charge in [-0.1, -0.05) is 0 Å². The molecule has 0 aliphatic rings. The Balaban J connectivity index is 3.17. The highest BCUT2D eigenvalue weighted by Gasteiger charge is 2.02. The highest BCUT2D eigenvalue weighted by molar-refractivity contribution is 5.77. The molecule has 1 aromatic heterocycles. The van der Waals surface area contributed by atoms with Crippen LogP contribution in [0.1, 0.15) is 11.1 Å². The van der Waals surface area contributed by atoms with Crippen LogP contribution < -0.4 is 11.5 Å². The van der Waals surface area contributed by atoms with E-state index in [1.54, 1.807) is 12.3 Å². The summed E-state index contributed by atoms with van der Waals surface area (Å²) in [6, 6.07) is 0. The summed E-state index contributed by atoms with van der Waals surface area (Å²) < 4.78 is 0. The molecule has 0 saturated carbocycles. The van der Waals surface area contributed by atoms with Gasteiger partial charge in [0.1, 0.15) is 12.1 Å². The number of nitrogen functional groups attached to an aromatic ring is 2. The Kier molecular flexibility index (Phi) is 2.64. The van der Waals surface area contributed by atoms with Crippen molar-refractivity contribution in [2.24, 2.45) is 0 Å². The Morgan fingerprint density at radius 2 is 2.15 bits per heavy atom. The molecule has 4 nitrogen and oxygen atoms in total. The fraction of sp³-hybridized carbons (Fsp3) is 0.111. The molecule has 0 aliphatic carbocycles. The van der Waals surface area contributed by atoms with Crippen molar-refractivity contribution in [1.29, 1.82) is 0 Å². The van der Waals surface area contributed by atoms with Gasteiger partial charge in [0.15, 0.2) is 0 Å². The van der Waals surface area contributed by atoms with Crippen molar-refractivity contribution in [2.45, 2.75) is 6.92 Å². The molecule has 1 rings (SSSR count). The third-order valence-electron chi connectivity index (χ3n) is 1.81. The number of rotatable bonds is 2. The smallest absolute Gasteiger partial charge is 0.146 e. The molecule has 13 heavy (non-hydrogen) atoms. The Labute approximate surface area is 76.3 Å². The molecule has 4 N–H and O–H groups in total. The monoisotopic (exact) mass is 177 g/mol. The van der Waals surface area contributed by atoms with Crippen LogP contribution >= 0.6 is 0 Å². The Bertz CT molecular complexity index is 358. The summed E-state index contributed by atoms with van der Waals surface area (Å²) in [5, 5.41) is 0. The zero-order chi connectivity index (χ0) is 9.84. The van der Waals surface area contributed by atoms with Crippen molar-refractivity contribution in [3.05, 3.63) is 23.4 Å². The van der Waals surface area contributed by atoms with Crippen LogP contribution in [-0.2, 0) is 4.79 Å². The van der Waals surface area contributed by atoms with Crippen LogP contribution in [0.2, 0.25) is 0 Å². The molecule has 0 amide bonds. The topological polar surface area (TPSA) is 82.0 Å². The van der Waals surface area contributed by atoms with Gasteiger partial charge in [-0.2, -0.15) is 0 Å². The van der Waals surface area contributed by atoms with Crippen LogP contribution in [0.5, 0.6) is 0 Å². The van der Waals surface area contributed by atoms with Crippen molar-refractivity contribution in [2.75, 3.05) is 11.5 Å². The second kappa shape index (κ2) is 3.71. The largest absolute Gasteiger partial charge is 0.396 e. The maximum Gasteiger partial charge on any atom is 0.146 e. The van der Waals surface area contributed by atoms with Gasteiger partial charge in [-0.15, -0.1) is 0 Å². The number of pyridine rings is 1. The summed E-state index contributed by atoms with van der Waals surface area (Å²) in [5.41, 5.74) is 13.2. The molecule has 0 fully saturated rings. The van der Waals surface area contributed by atoms with Crippen molar-refractivity contribution in [3.63, 3.8) is 0 Å². The van der Waals surface area contributed by atoms with Crippen LogP contribution in [0, 0.1) is 6.92 Å². The Hall–Kier alpha value is -1.84. The molecule has 68 valence electrons. The first-order valence-electron chi connectivity index (χ1n) is 3.79. The number of aromatic nitrogens is 1. The fourth-order valence-corrected chi connectivity index (χ4v) is 0.964. The fourth-order valence-electron chi connectivity index (χ4n) is 0.964. The zero-order valence-electron chi connectivity index (χ0n) is 7.32. The highest BCUT2D eigenvalue weighted by Crippen LogP contribution is 2.20. The molecule has 0 unspecified atom stereocenters. The van der Waals surface area contributed by atoms with Gasteiger partial charge < -0.3 is 11.5 Å². The summed E-state index contributed by atoms with van der Waals surface area (Å²) >= 11 is 0. The molecule has 1 heterocycles. The molecule has 4 heteroatoms. The summed E-state index contributed by atoms with van der Waals surface area (Å²) in [6.07, 6.45) is 5.32. The van der Waals surface area contributed by atoms with E-state index in [4.69, 9.17) is 11.5 Å². The number of aldehydes is 1. The van der Waals surface area contributed by atoms with E-state index < -0.39 is 0 Å². The minimum atomic E-state index is 0.320. The second-order valence-corrected chi connectivity index (χ2v) is 2.63. The minimum absolute atomic E-state index is 0.320. The van der Waals surface area contributed by atoms with Gasteiger partial charge in [0, 0.05) is 6.20 Å². The van der Waals surface area contributed by atoms with Crippen LogP contribution in [0.4, 0.5) is 11.5 Å². The van der Waals surface area contributed by atoms with Crippen molar-refractivity contribution in [3.8, 4) is 0 Å². The van der Waals surface area contributed by atoms with E-state index in [1.807, 2.05) is 6.92 Å². The van der Waals surface area contributed by atoms with Gasteiger partial charge in [0.2, 0.25) is 0 Å². The predicted octanol–water partition coefficient (Wildman–Crippen LogP) is 0.767. The highest BCUT2D eigenvalue weighted by atomic mass is 16.1. The van der Waals surface area contributed by atoms with Crippen molar-refractivity contribution < 1.29 is 4.79 Å². The SMILES string of the molecule is Cc1c(C=CC=O)cnc(N)c1N. The average molecular weight is 177 g/mol. The maximum atomic E-state index is 10.1. The van der Waals surface area contributed by atoms with E-state index in [0.717, 1.165) is 11.1 Å². The molecule has 0 saturated heterocycles. The van der Waals surface area contributed by atoms with Crippen molar-refractivity contribution >= 4 is 23.9 Å². The number of hydrogen-bond acceptors (Lipinski definition) is 4. The van der Waals surface area contributed by atoms with Gasteiger partial charge in [-0.3, -0.25) is 4.79 Å². The molecule has 0 aliphatic heterocycles. The van der Waals surface area contributed by atoms with E-state index in [1.165, 1.54) is 6.08 Å². The van der Waals surface area contributed by atoms with Gasteiger partial charge in [-0.25, -0.2) is 4.98 Å². The van der Waals surface area contributed by atoms with Crippen LogP contribution in [0.25, 0.3) is 6.08 Å². The number of carbonyl (C=O) groups is 1.